The second kappa shape index (κ2) is 9.90. The van der Waals surface area contributed by atoms with E-state index in [1.54, 1.807) is 6.26 Å². The Bertz CT molecular complexity index is 447. The van der Waals surface area contributed by atoms with Crippen molar-refractivity contribution < 1.29 is 9.15 Å². The smallest absolute Gasteiger partial charge is 0.169 e. The molecule has 1 atom stereocenters. The van der Waals surface area contributed by atoms with E-state index in [0.717, 1.165) is 69.7 Å². The first-order chi connectivity index (χ1) is 11.2. The van der Waals surface area contributed by atoms with E-state index in [1.807, 2.05) is 12.1 Å². The molecule has 2 rings (SSSR count). The Morgan fingerprint density at radius 2 is 2.22 bits per heavy atom. The molecule has 0 radical (unpaired) electrons. The van der Waals surface area contributed by atoms with E-state index in [9.17, 15) is 0 Å². The molecule has 1 aliphatic heterocycles. The van der Waals surface area contributed by atoms with Gasteiger partial charge in [0.25, 0.3) is 0 Å². The van der Waals surface area contributed by atoms with Crippen LogP contribution in [-0.2, 0) is 11.3 Å². The van der Waals surface area contributed by atoms with Crippen LogP contribution in [0.5, 0.6) is 0 Å². The molecule has 130 valence electrons. The molecule has 0 amide bonds. The summed E-state index contributed by atoms with van der Waals surface area (Å²) in [6.07, 6.45) is 3.86. The summed E-state index contributed by atoms with van der Waals surface area (Å²) in [5.74, 6) is 0.949. The zero-order chi connectivity index (χ0) is 16.5. The zero-order valence-corrected chi connectivity index (χ0v) is 15.1. The van der Waals surface area contributed by atoms with Gasteiger partial charge in [0, 0.05) is 32.2 Å². The van der Waals surface area contributed by atoms with Crippen LogP contribution < -0.4 is 5.32 Å². The highest BCUT2D eigenvalue weighted by molar-refractivity contribution is 7.80. The molecule has 0 aromatic carbocycles. The number of nitrogens with one attached hydrogen (secondary N) is 1. The summed E-state index contributed by atoms with van der Waals surface area (Å²) in [6, 6.07) is 4.31. The Morgan fingerprint density at radius 3 is 2.87 bits per heavy atom. The standard InChI is InChI=1S/C17H29N3O2S/c1-3-15(2)18-17(23)20(14-16-6-4-11-22-16)8-5-7-19-9-12-21-13-10-19/h4,6,11,15H,3,5,7-10,12-14H2,1-2H3,(H,18,23)/t15-/m1/s1. The molecular weight excluding hydrogens is 310 g/mol. The first-order valence-corrected chi connectivity index (χ1v) is 8.97. The quantitative estimate of drug-likeness (QED) is 0.734. The topological polar surface area (TPSA) is 40.9 Å². The Labute approximate surface area is 145 Å². The fourth-order valence-electron chi connectivity index (χ4n) is 2.56. The third-order valence-corrected chi connectivity index (χ3v) is 4.58. The molecule has 0 unspecified atom stereocenters. The Kier molecular flexibility index (Phi) is 7.85. The van der Waals surface area contributed by atoms with Gasteiger partial charge >= 0.3 is 0 Å². The molecule has 6 heteroatoms. The highest BCUT2D eigenvalue weighted by Crippen LogP contribution is 2.08. The van der Waals surface area contributed by atoms with Gasteiger partial charge < -0.3 is 19.4 Å². The lowest BCUT2D eigenvalue weighted by atomic mass is 10.2. The SMILES string of the molecule is CC[C@@H](C)NC(=S)N(CCCN1CCOCC1)Cc1ccco1. The second-order valence-electron chi connectivity index (χ2n) is 6.07. The van der Waals surface area contributed by atoms with Gasteiger partial charge in [-0.15, -0.1) is 0 Å². The second-order valence-corrected chi connectivity index (χ2v) is 6.45. The van der Waals surface area contributed by atoms with Crippen LogP contribution in [0.15, 0.2) is 22.8 Å². The third-order valence-electron chi connectivity index (χ3n) is 4.20. The first kappa shape index (κ1) is 18.2. The number of nitrogens with zero attached hydrogens (tertiary/aromatic N) is 2. The summed E-state index contributed by atoms with van der Waals surface area (Å²) in [5, 5.41) is 4.23. The van der Waals surface area contributed by atoms with Crippen molar-refractivity contribution in [3.05, 3.63) is 24.2 Å². The molecule has 0 aliphatic carbocycles. The van der Waals surface area contributed by atoms with Crippen LogP contribution >= 0.6 is 12.2 Å². The molecule has 0 spiro atoms. The van der Waals surface area contributed by atoms with Crippen molar-refractivity contribution in [3.8, 4) is 0 Å². The van der Waals surface area contributed by atoms with E-state index in [1.165, 1.54) is 0 Å². The normalized spacial score (nSPS) is 17.0. The van der Waals surface area contributed by atoms with E-state index < -0.39 is 0 Å². The maximum absolute atomic E-state index is 5.60. The predicted molar refractivity (Wildman–Crippen MR) is 96.5 cm³/mol. The lowest BCUT2D eigenvalue weighted by Crippen LogP contribution is -2.44. The van der Waals surface area contributed by atoms with Crippen molar-refractivity contribution in [1.82, 2.24) is 15.1 Å². The maximum Gasteiger partial charge on any atom is 0.169 e. The van der Waals surface area contributed by atoms with E-state index in [0.29, 0.717) is 6.04 Å². The van der Waals surface area contributed by atoms with Crippen molar-refractivity contribution >= 4 is 17.3 Å². The zero-order valence-electron chi connectivity index (χ0n) is 14.3. The van der Waals surface area contributed by atoms with Gasteiger partial charge in [-0.2, -0.15) is 0 Å². The van der Waals surface area contributed by atoms with E-state index >= 15 is 0 Å². The van der Waals surface area contributed by atoms with Crippen LogP contribution in [0.25, 0.3) is 0 Å². The van der Waals surface area contributed by atoms with Crippen LogP contribution in [0.1, 0.15) is 32.4 Å². The Balaban J connectivity index is 1.83. The molecule has 1 aromatic rings. The minimum absolute atomic E-state index is 0.390. The fraction of sp³-hybridized carbons (Fsp3) is 0.706. The molecule has 5 nitrogen and oxygen atoms in total. The molecule has 2 heterocycles. The molecule has 1 fully saturated rings. The van der Waals surface area contributed by atoms with Crippen LogP contribution in [-0.4, -0.2) is 60.3 Å². The van der Waals surface area contributed by atoms with Crippen LogP contribution in [0.4, 0.5) is 0 Å². The number of hydrogen-bond donors (Lipinski definition) is 1. The summed E-state index contributed by atoms with van der Waals surface area (Å²) < 4.78 is 10.9. The number of hydrogen-bond acceptors (Lipinski definition) is 4. The summed E-state index contributed by atoms with van der Waals surface area (Å²) in [7, 11) is 0. The molecule has 1 aliphatic rings. The van der Waals surface area contributed by atoms with Gasteiger partial charge in [-0.3, -0.25) is 4.90 Å². The van der Waals surface area contributed by atoms with Crippen molar-refractivity contribution in [2.24, 2.45) is 0 Å². The van der Waals surface area contributed by atoms with Crippen LogP contribution in [0, 0.1) is 0 Å². The van der Waals surface area contributed by atoms with Crippen LogP contribution in [0.3, 0.4) is 0 Å². The molecule has 1 saturated heterocycles. The summed E-state index contributed by atoms with van der Waals surface area (Å²) >= 11 is 5.60. The van der Waals surface area contributed by atoms with Crippen LogP contribution in [0.2, 0.25) is 0 Å². The van der Waals surface area contributed by atoms with E-state index in [-0.39, 0.29) is 0 Å². The number of furan rings is 1. The van der Waals surface area contributed by atoms with E-state index in [2.05, 4.69) is 29.0 Å². The molecule has 23 heavy (non-hydrogen) atoms. The number of rotatable bonds is 8. The number of thiocarbonyl (C=S) groups is 1. The van der Waals surface area contributed by atoms with Gasteiger partial charge in [0.05, 0.1) is 26.0 Å². The molecule has 1 N–H and O–H groups in total. The van der Waals surface area contributed by atoms with Crippen molar-refractivity contribution in [2.75, 3.05) is 39.4 Å². The van der Waals surface area contributed by atoms with Gasteiger partial charge in [-0.05, 0) is 44.1 Å². The van der Waals surface area contributed by atoms with Gasteiger partial charge in [-0.1, -0.05) is 6.92 Å². The summed E-state index contributed by atoms with van der Waals surface area (Å²) in [5.41, 5.74) is 0. The Hall–Kier alpha value is -1.11. The molecular formula is C17H29N3O2S. The highest BCUT2D eigenvalue weighted by atomic mass is 32.1. The van der Waals surface area contributed by atoms with E-state index in [4.69, 9.17) is 21.4 Å². The highest BCUT2D eigenvalue weighted by Gasteiger charge is 2.15. The summed E-state index contributed by atoms with van der Waals surface area (Å²) in [4.78, 5) is 4.67. The minimum atomic E-state index is 0.390. The van der Waals surface area contributed by atoms with Gasteiger partial charge in [0.1, 0.15) is 5.76 Å². The molecule has 0 bridgehead atoms. The monoisotopic (exact) mass is 339 g/mol. The third kappa shape index (κ3) is 6.49. The summed E-state index contributed by atoms with van der Waals surface area (Å²) in [6.45, 7) is 10.8. The van der Waals surface area contributed by atoms with Gasteiger partial charge in [0.2, 0.25) is 0 Å². The average molecular weight is 340 g/mol. The lowest BCUT2D eigenvalue weighted by molar-refractivity contribution is 0.0367. The largest absolute Gasteiger partial charge is 0.467 e. The predicted octanol–water partition coefficient (Wildman–Crippen LogP) is 2.48. The first-order valence-electron chi connectivity index (χ1n) is 8.57. The molecule has 0 saturated carbocycles. The number of morpholine rings is 1. The number of ether oxygens (including phenoxy) is 1. The fourth-order valence-corrected chi connectivity index (χ4v) is 2.91. The average Bonchev–Trinajstić information content (AvgIpc) is 3.07. The van der Waals surface area contributed by atoms with Crippen molar-refractivity contribution in [3.63, 3.8) is 0 Å². The lowest BCUT2D eigenvalue weighted by Gasteiger charge is -2.30. The van der Waals surface area contributed by atoms with Crippen molar-refractivity contribution in [1.29, 1.82) is 0 Å². The maximum atomic E-state index is 5.60. The minimum Gasteiger partial charge on any atom is -0.467 e. The Morgan fingerprint density at radius 1 is 1.43 bits per heavy atom. The van der Waals surface area contributed by atoms with Crippen molar-refractivity contribution in [2.45, 2.75) is 39.3 Å². The van der Waals surface area contributed by atoms with Gasteiger partial charge in [-0.25, -0.2) is 0 Å². The molecule has 1 aromatic heterocycles. The van der Waals surface area contributed by atoms with Gasteiger partial charge in [0.15, 0.2) is 5.11 Å².